The molecule has 0 bridgehead atoms. The van der Waals surface area contributed by atoms with Crippen LogP contribution in [0.3, 0.4) is 0 Å². The second kappa shape index (κ2) is 6.93. The molecule has 0 aliphatic heterocycles. The fourth-order valence-corrected chi connectivity index (χ4v) is 1.94. The molecule has 1 nitrogen and oxygen atoms in total. The maximum Gasteiger partial charge on any atom is 0.0408 e. The van der Waals surface area contributed by atoms with Gasteiger partial charge in [0.25, 0.3) is 0 Å². The number of nitrogens with one attached hydrogen (secondary N) is 1. The molecule has 0 aliphatic carbocycles. The maximum absolute atomic E-state index is 5.92. The van der Waals surface area contributed by atoms with Crippen LogP contribution in [0.4, 0.5) is 0 Å². The molecule has 0 saturated carbocycles. The van der Waals surface area contributed by atoms with E-state index < -0.39 is 0 Å². The van der Waals surface area contributed by atoms with Crippen molar-refractivity contribution < 1.29 is 0 Å². The lowest BCUT2D eigenvalue weighted by molar-refractivity contribution is 0.527. The van der Waals surface area contributed by atoms with Gasteiger partial charge in [-0.3, -0.25) is 0 Å². The number of halogens is 1. The minimum Gasteiger partial charge on any atom is -0.313 e. The SMILES string of the molecule is Cc1cc(Cl)ccc1CNCCCC(C)C. The van der Waals surface area contributed by atoms with E-state index in [9.17, 15) is 0 Å². The Kier molecular flexibility index (Phi) is 5.86. The summed E-state index contributed by atoms with van der Waals surface area (Å²) in [6.07, 6.45) is 2.55. The second-order valence-corrected chi connectivity index (χ2v) is 5.22. The van der Waals surface area contributed by atoms with Crippen LogP contribution in [-0.2, 0) is 6.54 Å². The van der Waals surface area contributed by atoms with E-state index in [0.29, 0.717) is 0 Å². The van der Waals surface area contributed by atoms with Crippen molar-refractivity contribution in [2.75, 3.05) is 6.54 Å². The second-order valence-electron chi connectivity index (χ2n) is 4.78. The van der Waals surface area contributed by atoms with E-state index in [1.54, 1.807) is 0 Å². The van der Waals surface area contributed by atoms with E-state index in [4.69, 9.17) is 11.6 Å². The van der Waals surface area contributed by atoms with Gasteiger partial charge in [-0.2, -0.15) is 0 Å². The van der Waals surface area contributed by atoms with Crippen molar-refractivity contribution in [3.63, 3.8) is 0 Å². The molecule has 0 unspecified atom stereocenters. The summed E-state index contributed by atoms with van der Waals surface area (Å²) in [4.78, 5) is 0. The zero-order valence-electron chi connectivity index (χ0n) is 10.5. The van der Waals surface area contributed by atoms with Crippen LogP contribution in [0.2, 0.25) is 5.02 Å². The lowest BCUT2D eigenvalue weighted by Crippen LogP contribution is -2.15. The third kappa shape index (κ3) is 5.00. The smallest absolute Gasteiger partial charge is 0.0408 e. The van der Waals surface area contributed by atoms with Gasteiger partial charge in [0, 0.05) is 11.6 Å². The Morgan fingerprint density at radius 1 is 1.31 bits per heavy atom. The summed E-state index contributed by atoms with van der Waals surface area (Å²) < 4.78 is 0. The molecule has 0 fully saturated rings. The Morgan fingerprint density at radius 2 is 2.06 bits per heavy atom. The molecule has 2 heteroatoms. The predicted molar refractivity (Wildman–Crippen MR) is 72.0 cm³/mol. The zero-order chi connectivity index (χ0) is 12.0. The topological polar surface area (TPSA) is 12.0 Å². The van der Waals surface area contributed by atoms with Crippen LogP contribution < -0.4 is 5.32 Å². The molecule has 0 atom stereocenters. The highest BCUT2D eigenvalue weighted by molar-refractivity contribution is 6.30. The monoisotopic (exact) mass is 239 g/mol. The number of benzene rings is 1. The molecule has 90 valence electrons. The largest absolute Gasteiger partial charge is 0.313 e. The summed E-state index contributed by atoms with van der Waals surface area (Å²) in [7, 11) is 0. The Labute approximate surface area is 104 Å². The molecule has 1 rings (SSSR count). The number of rotatable bonds is 6. The molecule has 1 aromatic rings. The molecule has 0 heterocycles. The first kappa shape index (κ1) is 13.5. The molecule has 1 N–H and O–H groups in total. The fraction of sp³-hybridized carbons (Fsp3) is 0.571. The van der Waals surface area contributed by atoms with Gasteiger partial charge in [-0.25, -0.2) is 0 Å². The van der Waals surface area contributed by atoms with Gasteiger partial charge in [0.05, 0.1) is 0 Å². The number of aryl methyl sites for hydroxylation is 1. The summed E-state index contributed by atoms with van der Waals surface area (Å²) in [5.74, 6) is 0.805. The molecular weight excluding hydrogens is 218 g/mol. The lowest BCUT2D eigenvalue weighted by Gasteiger charge is -2.09. The van der Waals surface area contributed by atoms with Gasteiger partial charge in [-0.15, -0.1) is 0 Å². The average Bonchev–Trinajstić information content (AvgIpc) is 2.20. The molecule has 0 aromatic heterocycles. The van der Waals surface area contributed by atoms with Gasteiger partial charge in [0.15, 0.2) is 0 Å². The first-order valence-electron chi connectivity index (χ1n) is 6.05. The molecule has 16 heavy (non-hydrogen) atoms. The van der Waals surface area contributed by atoms with Gasteiger partial charge in [-0.05, 0) is 55.5 Å². The van der Waals surface area contributed by atoms with Gasteiger partial charge in [-0.1, -0.05) is 31.5 Å². The molecule has 0 spiro atoms. The highest BCUT2D eigenvalue weighted by Gasteiger charge is 1.99. The van der Waals surface area contributed by atoms with Crippen LogP contribution in [0, 0.1) is 12.8 Å². The van der Waals surface area contributed by atoms with Crippen LogP contribution in [0.25, 0.3) is 0 Å². The number of hydrogen-bond donors (Lipinski definition) is 1. The maximum atomic E-state index is 5.92. The quantitative estimate of drug-likeness (QED) is 0.735. The van der Waals surface area contributed by atoms with Crippen molar-refractivity contribution in [3.05, 3.63) is 34.3 Å². The van der Waals surface area contributed by atoms with E-state index in [1.165, 1.54) is 24.0 Å². The summed E-state index contributed by atoms with van der Waals surface area (Å²) in [5.41, 5.74) is 2.61. The Morgan fingerprint density at radius 3 is 2.69 bits per heavy atom. The highest BCUT2D eigenvalue weighted by Crippen LogP contribution is 2.14. The number of hydrogen-bond acceptors (Lipinski definition) is 1. The van der Waals surface area contributed by atoms with E-state index in [0.717, 1.165) is 24.0 Å². The van der Waals surface area contributed by atoms with Crippen molar-refractivity contribution >= 4 is 11.6 Å². The Bertz CT molecular complexity index is 321. The summed E-state index contributed by atoms with van der Waals surface area (Å²) in [5, 5.41) is 4.29. The minimum atomic E-state index is 0.805. The highest BCUT2D eigenvalue weighted by atomic mass is 35.5. The van der Waals surface area contributed by atoms with Gasteiger partial charge in [0.2, 0.25) is 0 Å². The normalized spacial score (nSPS) is 11.1. The lowest BCUT2D eigenvalue weighted by atomic mass is 10.1. The molecule has 0 saturated heterocycles. The first-order valence-corrected chi connectivity index (χ1v) is 6.43. The van der Waals surface area contributed by atoms with E-state index in [2.05, 4.69) is 32.2 Å². The third-order valence-corrected chi connectivity index (χ3v) is 2.99. The van der Waals surface area contributed by atoms with Crippen LogP contribution in [0.15, 0.2) is 18.2 Å². The van der Waals surface area contributed by atoms with Crippen molar-refractivity contribution in [1.82, 2.24) is 5.32 Å². The van der Waals surface area contributed by atoms with Crippen molar-refractivity contribution in [1.29, 1.82) is 0 Å². The zero-order valence-corrected chi connectivity index (χ0v) is 11.3. The van der Waals surface area contributed by atoms with Crippen molar-refractivity contribution in [3.8, 4) is 0 Å². The van der Waals surface area contributed by atoms with Gasteiger partial charge in [0.1, 0.15) is 0 Å². The Balaban J connectivity index is 2.27. The van der Waals surface area contributed by atoms with Crippen LogP contribution in [0.5, 0.6) is 0 Å². The molecule has 0 aliphatic rings. The van der Waals surface area contributed by atoms with Crippen molar-refractivity contribution in [2.24, 2.45) is 5.92 Å². The summed E-state index contributed by atoms with van der Waals surface area (Å²) in [6, 6.07) is 6.08. The third-order valence-electron chi connectivity index (χ3n) is 2.76. The van der Waals surface area contributed by atoms with Crippen LogP contribution in [-0.4, -0.2) is 6.54 Å². The molecule has 1 aromatic carbocycles. The molecule has 0 radical (unpaired) electrons. The van der Waals surface area contributed by atoms with E-state index >= 15 is 0 Å². The first-order chi connectivity index (χ1) is 7.59. The van der Waals surface area contributed by atoms with Gasteiger partial charge >= 0.3 is 0 Å². The van der Waals surface area contributed by atoms with Gasteiger partial charge < -0.3 is 5.32 Å². The predicted octanol–water partition coefficient (Wildman–Crippen LogP) is 4.17. The summed E-state index contributed by atoms with van der Waals surface area (Å²) in [6.45, 7) is 8.69. The average molecular weight is 240 g/mol. The van der Waals surface area contributed by atoms with Crippen LogP contribution in [0.1, 0.15) is 37.8 Å². The minimum absolute atomic E-state index is 0.805. The standard InChI is InChI=1S/C14H22ClN/c1-11(2)5-4-8-16-10-13-6-7-14(15)9-12(13)3/h6-7,9,11,16H,4-5,8,10H2,1-3H3. The summed E-state index contributed by atoms with van der Waals surface area (Å²) >= 11 is 5.92. The molecule has 0 amide bonds. The van der Waals surface area contributed by atoms with Crippen molar-refractivity contribution in [2.45, 2.75) is 40.2 Å². The fourth-order valence-electron chi connectivity index (χ4n) is 1.72. The van der Waals surface area contributed by atoms with E-state index in [-0.39, 0.29) is 0 Å². The Hall–Kier alpha value is -0.530. The van der Waals surface area contributed by atoms with Crippen LogP contribution >= 0.6 is 11.6 Å². The molecular formula is C14H22ClN. The van der Waals surface area contributed by atoms with E-state index in [1.807, 2.05) is 12.1 Å².